The van der Waals surface area contributed by atoms with Crippen molar-refractivity contribution in [2.75, 3.05) is 13.3 Å². The van der Waals surface area contributed by atoms with Gasteiger partial charge in [0.05, 0.1) is 0 Å². The normalized spacial score (nSPS) is 15.1. The summed E-state index contributed by atoms with van der Waals surface area (Å²) >= 11 is 0. The Hall–Kier alpha value is -1.54. The molecule has 0 unspecified atom stereocenters. The van der Waals surface area contributed by atoms with Crippen LogP contribution in [0.5, 0.6) is 5.75 Å². The highest BCUT2D eigenvalue weighted by atomic mass is 16.5. The molecule has 0 bridgehead atoms. The first kappa shape index (κ1) is 13.4. The van der Waals surface area contributed by atoms with E-state index in [0.717, 1.165) is 25.6 Å². The second-order valence-electron chi connectivity index (χ2n) is 5.65. The van der Waals surface area contributed by atoms with Crippen LogP contribution in [-0.2, 0) is 6.54 Å². The highest BCUT2D eigenvalue weighted by Crippen LogP contribution is 2.32. The topological polar surface area (TPSA) is 12.5 Å². The SMILES string of the molecule is CCCCCCN1COc2ccc3ccccc3c2C1. The van der Waals surface area contributed by atoms with E-state index in [4.69, 9.17) is 4.74 Å². The van der Waals surface area contributed by atoms with Crippen molar-refractivity contribution in [3.05, 3.63) is 42.0 Å². The molecule has 0 spiro atoms. The van der Waals surface area contributed by atoms with Crippen LogP contribution in [0.2, 0.25) is 0 Å². The van der Waals surface area contributed by atoms with Crippen molar-refractivity contribution in [1.29, 1.82) is 0 Å². The van der Waals surface area contributed by atoms with Crippen LogP contribution in [0.1, 0.15) is 38.2 Å². The number of ether oxygens (including phenoxy) is 1. The molecule has 20 heavy (non-hydrogen) atoms. The van der Waals surface area contributed by atoms with E-state index in [2.05, 4.69) is 48.2 Å². The molecule has 0 aliphatic carbocycles. The fourth-order valence-corrected chi connectivity index (χ4v) is 2.95. The summed E-state index contributed by atoms with van der Waals surface area (Å²) < 4.78 is 5.93. The fraction of sp³-hybridized carbons (Fsp3) is 0.444. The van der Waals surface area contributed by atoms with Crippen LogP contribution in [0, 0.1) is 0 Å². The number of benzene rings is 2. The maximum Gasteiger partial charge on any atom is 0.142 e. The molecule has 2 aromatic rings. The molecule has 0 aromatic heterocycles. The van der Waals surface area contributed by atoms with E-state index in [-0.39, 0.29) is 0 Å². The number of unbranched alkanes of at least 4 members (excludes halogenated alkanes) is 3. The predicted molar refractivity (Wildman–Crippen MR) is 84.0 cm³/mol. The maximum absolute atomic E-state index is 5.93. The molecule has 1 aliphatic rings. The van der Waals surface area contributed by atoms with Crippen molar-refractivity contribution in [1.82, 2.24) is 4.90 Å². The molecule has 0 radical (unpaired) electrons. The molecular formula is C18H23NO. The summed E-state index contributed by atoms with van der Waals surface area (Å²) in [4.78, 5) is 2.42. The molecule has 2 nitrogen and oxygen atoms in total. The largest absolute Gasteiger partial charge is 0.478 e. The predicted octanol–water partition coefficient (Wildman–Crippen LogP) is 4.57. The monoisotopic (exact) mass is 269 g/mol. The average molecular weight is 269 g/mol. The van der Waals surface area contributed by atoms with Gasteiger partial charge in [-0.1, -0.05) is 56.5 Å². The van der Waals surface area contributed by atoms with Crippen molar-refractivity contribution in [3.8, 4) is 5.75 Å². The molecule has 0 saturated heterocycles. The summed E-state index contributed by atoms with van der Waals surface area (Å²) in [5.41, 5.74) is 1.35. The van der Waals surface area contributed by atoms with Crippen LogP contribution in [0.25, 0.3) is 10.8 Å². The van der Waals surface area contributed by atoms with Crippen LogP contribution in [0.15, 0.2) is 36.4 Å². The molecule has 0 amide bonds. The third-order valence-corrected chi connectivity index (χ3v) is 4.11. The van der Waals surface area contributed by atoms with Crippen molar-refractivity contribution in [2.24, 2.45) is 0 Å². The lowest BCUT2D eigenvalue weighted by Crippen LogP contribution is -2.32. The number of rotatable bonds is 5. The molecule has 0 N–H and O–H groups in total. The van der Waals surface area contributed by atoms with Gasteiger partial charge in [0.25, 0.3) is 0 Å². The lowest BCUT2D eigenvalue weighted by atomic mass is 10.0. The molecule has 106 valence electrons. The molecule has 0 saturated carbocycles. The highest BCUT2D eigenvalue weighted by molar-refractivity contribution is 5.87. The third-order valence-electron chi connectivity index (χ3n) is 4.11. The Morgan fingerprint density at radius 1 is 1.05 bits per heavy atom. The molecule has 2 heteroatoms. The summed E-state index contributed by atoms with van der Waals surface area (Å²) in [6.45, 7) is 5.15. The Balaban J connectivity index is 1.74. The standard InChI is InChI=1S/C18H23NO/c1-2-3-4-7-12-19-13-17-16-9-6-5-8-15(16)10-11-18(17)20-14-19/h5-6,8-11H,2-4,7,12-14H2,1H3. The number of hydrogen-bond donors (Lipinski definition) is 0. The zero-order valence-corrected chi connectivity index (χ0v) is 12.3. The molecule has 2 aromatic carbocycles. The van der Waals surface area contributed by atoms with E-state index in [1.807, 2.05) is 0 Å². The van der Waals surface area contributed by atoms with Gasteiger partial charge in [-0.15, -0.1) is 0 Å². The Bertz CT molecular complexity index is 579. The first-order valence-electron chi connectivity index (χ1n) is 7.74. The molecule has 1 heterocycles. The van der Waals surface area contributed by atoms with E-state index >= 15 is 0 Å². The number of nitrogens with zero attached hydrogens (tertiary/aromatic N) is 1. The Morgan fingerprint density at radius 2 is 1.95 bits per heavy atom. The summed E-state index contributed by atoms with van der Waals surface area (Å²) in [5, 5.41) is 2.64. The lowest BCUT2D eigenvalue weighted by molar-refractivity contribution is 0.0945. The fourth-order valence-electron chi connectivity index (χ4n) is 2.95. The zero-order chi connectivity index (χ0) is 13.8. The van der Waals surface area contributed by atoms with Gasteiger partial charge in [-0.2, -0.15) is 0 Å². The summed E-state index contributed by atoms with van der Waals surface area (Å²) in [6, 6.07) is 12.9. The molecule has 1 aliphatic heterocycles. The summed E-state index contributed by atoms with van der Waals surface area (Å²) in [6.07, 6.45) is 5.24. The van der Waals surface area contributed by atoms with Gasteiger partial charge in [0.1, 0.15) is 12.5 Å². The van der Waals surface area contributed by atoms with E-state index in [1.165, 1.54) is 42.0 Å². The van der Waals surface area contributed by atoms with E-state index in [1.54, 1.807) is 0 Å². The third kappa shape index (κ3) is 2.80. The zero-order valence-electron chi connectivity index (χ0n) is 12.3. The van der Waals surface area contributed by atoms with Crippen LogP contribution in [0.4, 0.5) is 0 Å². The van der Waals surface area contributed by atoms with Crippen molar-refractivity contribution >= 4 is 10.8 Å². The molecular weight excluding hydrogens is 246 g/mol. The van der Waals surface area contributed by atoms with Crippen LogP contribution >= 0.6 is 0 Å². The van der Waals surface area contributed by atoms with Gasteiger partial charge >= 0.3 is 0 Å². The van der Waals surface area contributed by atoms with Gasteiger partial charge in [0.2, 0.25) is 0 Å². The minimum atomic E-state index is 0.734. The van der Waals surface area contributed by atoms with Crippen LogP contribution in [0.3, 0.4) is 0 Å². The van der Waals surface area contributed by atoms with E-state index < -0.39 is 0 Å². The smallest absolute Gasteiger partial charge is 0.142 e. The van der Waals surface area contributed by atoms with Crippen molar-refractivity contribution in [2.45, 2.75) is 39.2 Å². The van der Waals surface area contributed by atoms with Gasteiger partial charge < -0.3 is 4.74 Å². The minimum Gasteiger partial charge on any atom is -0.478 e. The molecule has 0 atom stereocenters. The van der Waals surface area contributed by atoms with Crippen molar-refractivity contribution < 1.29 is 4.74 Å². The minimum absolute atomic E-state index is 0.734. The number of hydrogen-bond acceptors (Lipinski definition) is 2. The average Bonchev–Trinajstić information content (AvgIpc) is 2.51. The second kappa shape index (κ2) is 6.27. The Labute approximate surface area is 121 Å². The van der Waals surface area contributed by atoms with E-state index in [9.17, 15) is 0 Å². The van der Waals surface area contributed by atoms with Gasteiger partial charge in [-0.3, -0.25) is 4.90 Å². The van der Waals surface area contributed by atoms with Gasteiger partial charge in [-0.25, -0.2) is 0 Å². The maximum atomic E-state index is 5.93. The lowest BCUT2D eigenvalue weighted by Gasteiger charge is -2.29. The summed E-state index contributed by atoms with van der Waals surface area (Å²) in [5.74, 6) is 1.06. The van der Waals surface area contributed by atoms with Crippen molar-refractivity contribution in [3.63, 3.8) is 0 Å². The Morgan fingerprint density at radius 3 is 2.85 bits per heavy atom. The summed E-state index contributed by atoms with van der Waals surface area (Å²) in [7, 11) is 0. The first-order chi connectivity index (χ1) is 9.88. The quantitative estimate of drug-likeness (QED) is 0.737. The second-order valence-corrected chi connectivity index (χ2v) is 5.65. The van der Waals surface area contributed by atoms with Crippen LogP contribution in [-0.4, -0.2) is 18.2 Å². The van der Waals surface area contributed by atoms with Gasteiger partial charge in [-0.05, 0) is 23.3 Å². The Kier molecular flexibility index (Phi) is 4.22. The highest BCUT2D eigenvalue weighted by Gasteiger charge is 2.18. The van der Waals surface area contributed by atoms with Crippen LogP contribution < -0.4 is 4.74 Å². The number of fused-ring (bicyclic) bond motifs is 3. The van der Waals surface area contributed by atoms with Gasteiger partial charge in [0, 0.05) is 18.7 Å². The first-order valence-corrected chi connectivity index (χ1v) is 7.74. The van der Waals surface area contributed by atoms with Gasteiger partial charge in [0.15, 0.2) is 0 Å². The molecule has 0 fully saturated rings. The van der Waals surface area contributed by atoms with E-state index in [0.29, 0.717) is 0 Å². The molecule has 3 rings (SSSR count).